The number of hydrogen-bond acceptors (Lipinski definition) is 2. The highest BCUT2D eigenvalue weighted by molar-refractivity contribution is 5.94. The van der Waals surface area contributed by atoms with Crippen molar-refractivity contribution in [2.24, 2.45) is 0 Å². The number of nitrogens with two attached hydrogens (primary N) is 1. The molecule has 1 heterocycles. The van der Waals surface area contributed by atoms with E-state index in [0.29, 0.717) is 5.82 Å². The van der Waals surface area contributed by atoms with Gasteiger partial charge in [-0.1, -0.05) is 42.5 Å². The average Bonchev–Trinajstić information content (AvgIpc) is 2.40. The van der Waals surface area contributed by atoms with Crippen LogP contribution in [0.25, 0.3) is 21.9 Å². The fourth-order valence-electron chi connectivity index (χ4n) is 2.00. The second kappa shape index (κ2) is 3.91. The largest absolute Gasteiger partial charge is 0.383 e. The Bertz CT molecular complexity index is 660. The van der Waals surface area contributed by atoms with Gasteiger partial charge in [-0.25, -0.2) is 4.98 Å². The van der Waals surface area contributed by atoms with Gasteiger partial charge in [-0.3, -0.25) is 0 Å². The lowest BCUT2D eigenvalue weighted by atomic mass is 10.0. The van der Waals surface area contributed by atoms with Crippen LogP contribution in [0.1, 0.15) is 0 Å². The van der Waals surface area contributed by atoms with E-state index in [-0.39, 0.29) is 0 Å². The molecule has 0 amide bonds. The van der Waals surface area contributed by atoms with E-state index in [1.165, 1.54) is 5.56 Å². The Hall–Kier alpha value is -2.35. The van der Waals surface area contributed by atoms with Crippen molar-refractivity contribution in [2.75, 3.05) is 5.73 Å². The second-order valence-electron chi connectivity index (χ2n) is 4.00. The summed E-state index contributed by atoms with van der Waals surface area (Å²) in [4.78, 5) is 4.12. The lowest BCUT2D eigenvalue weighted by Crippen LogP contribution is -1.90. The van der Waals surface area contributed by atoms with E-state index in [2.05, 4.69) is 35.3 Å². The SMILES string of the molecule is Nc1nccc2ccc(-c3ccccc3)cc12. The van der Waals surface area contributed by atoms with E-state index in [1.54, 1.807) is 6.20 Å². The average molecular weight is 220 g/mol. The van der Waals surface area contributed by atoms with Gasteiger partial charge in [0, 0.05) is 11.6 Å². The first-order valence-corrected chi connectivity index (χ1v) is 5.54. The van der Waals surface area contributed by atoms with Crippen LogP contribution in [-0.2, 0) is 0 Å². The van der Waals surface area contributed by atoms with E-state index < -0.39 is 0 Å². The highest BCUT2D eigenvalue weighted by Crippen LogP contribution is 2.26. The molecule has 82 valence electrons. The lowest BCUT2D eigenvalue weighted by molar-refractivity contribution is 1.37. The topological polar surface area (TPSA) is 38.9 Å². The predicted molar refractivity (Wildman–Crippen MR) is 71.6 cm³/mol. The third-order valence-electron chi connectivity index (χ3n) is 2.90. The Labute approximate surface area is 99.7 Å². The van der Waals surface area contributed by atoms with E-state index in [9.17, 15) is 0 Å². The van der Waals surface area contributed by atoms with Crippen LogP contribution in [0.15, 0.2) is 60.8 Å². The van der Waals surface area contributed by atoms with E-state index >= 15 is 0 Å². The smallest absolute Gasteiger partial charge is 0.131 e. The van der Waals surface area contributed by atoms with Crippen LogP contribution >= 0.6 is 0 Å². The van der Waals surface area contributed by atoms with Gasteiger partial charge in [0.05, 0.1) is 0 Å². The van der Waals surface area contributed by atoms with Crippen molar-refractivity contribution in [3.05, 3.63) is 60.8 Å². The highest BCUT2D eigenvalue weighted by Gasteiger charge is 2.01. The third-order valence-corrected chi connectivity index (χ3v) is 2.90. The molecule has 0 bridgehead atoms. The molecule has 0 aliphatic carbocycles. The van der Waals surface area contributed by atoms with Gasteiger partial charge < -0.3 is 5.73 Å². The lowest BCUT2D eigenvalue weighted by Gasteiger charge is -2.05. The van der Waals surface area contributed by atoms with Crippen molar-refractivity contribution in [2.45, 2.75) is 0 Å². The normalized spacial score (nSPS) is 10.6. The Kier molecular flexibility index (Phi) is 2.26. The zero-order valence-corrected chi connectivity index (χ0v) is 9.30. The minimum absolute atomic E-state index is 0.584. The Morgan fingerprint density at radius 2 is 1.65 bits per heavy atom. The molecular weight excluding hydrogens is 208 g/mol. The van der Waals surface area contributed by atoms with Crippen LogP contribution in [0, 0.1) is 0 Å². The van der Waals surface area contributed by atoms with Gasteiger partial charge in [-0.2, -0.15) is 0 Å². The van der Waals surface area contributed by atoms with Crippen molar-refractivity contribution in [1.29, 1.82) is 0 Å². The van der Waals surface area contributed by atoms with Gasteiger partial charge in [-0.05, 0) is 28.6 Å². The first kappa shape index (κ1) is 9.85. The number of fused-ring (bicyclic) bond motifs is 1. The Morgan fingerprint density at radius 1 is 0.824 bits per heavy atom. The molecule has 0 radical (unpaired) electrons. The maximum absolute atomic E-state index is 5.89. The van der Waals surface area contributed by atoms with E-state index in [0.717, 1.165) is 16.3 Å². The summed E-state index contributed by atoms with van der Waals surface area (Å²) < 4.78 is 0. The molecule has 0 spiro atoms. The molecule has 0 saturated carbocycles. The molecule has 1 aromatic heterocycles. The zero-order chi connectivity index (χ0) is 11.7. The Balaban J connectivity index is 2.23. The number of aromatic nitrogens is 1. The number of rotatable bonds is 1. The van der Waals surface area contributed by atoms with Crippen LogP contribution in [0.2, 0.25) is 0 Å². The van der Waals surface area contributed by atoms with Crippen molar-refractivity contribution in [3.8, 4) is 11.1 Å². The molecule has 0 atom stereocenters. The molecule has 17 heavy (non-hydrogen) atoms. The summed E-state index contributed by atoms with van der Waals surface area (Å²) >= 11 is 0. The molecule has 2 nitrogen and oxygen atoms in total. The van der Waals surface area contributed by atoms with Crippen LogP contribution in [0.5, 0.6) is 0 Å². The first-order valence-electron chi connectivity index (χ1n) is 5.54. The summed E-state index contributed by atoms with van der Waals surface area (Å²) in [6.45, 7) is 0. The number of nitrogen functional groups attached to an aromatic ring is 1. The van der Waals surface area contributed by atoms with Gasteiger partial charge >= 0.3 is 0 Å². The molecule has 0 aliphatic rings. The second-order valence-corrected chi connectivity index (χ2v) is 4.00. The van der Waals surface area contributed by atoms with Crippen LogP contribution < -0.4 is 5.73 Å². The van der Waals surface area contributed by atoms with Crippen molar-refractivity contribution >= 4 is 16.6 Å². The van der Waals surface area contributed by atoms with Crippen molar-refractivity contribution in [1.82, 2.24) is 4.98 Å². The monoisotopic (exact) mass is 220 g/mol. The predicted octanol–water partition coefficient (Wildman–Crippen LogP) is 3.48. The minimum Gasteiger partial charge on any atom is -0.383 e. The van der Waals surface area contributed by atoms with Crippen molar-refractivity contribution < 1.29 is 0 Å². The number of nitrogens with zero attached hydrogens (tertiary/aromatic N) is 1. The summed E-state index contributed by atoms with van der Waals surface area (Å²) in [6.07, 6.45) is 1.74. The Morgan fingerprint density at radius 3 is 2.47 bits per heavy atom. The van der Waals surface area contributed by atoms with Crippen LogP contribution in [0.4, 0.5) is 5.82 Å². The molecule has 2 heteroatoms. The highest BCUT2D eigenvalue weighted by atomic mass is 14.8. The van der Waals surface area contributed by atoms with Crippen molar-refractivity contribution in [3.63, 3.8) is 0 Å². The van der Waals surface area contributed by atoms with E-state index in [4.69, 9.17) is 5.73 Å². The summed E-state index contributed by atoms with van der Waals surface area (Å²) in [5.74, 6) is 0.584. The summed E-state index contributed by atoms with van der Waals surface area (Å²) in [5.41, 5.74) is 8.25. The van der Waals surface area contributed by atoms with Crippen LogP contribution in [0.3, 0.4) is 0 Å². The number of anilines is 1. The molecule has 0 unspecified atom stereocenters. The number of benzene rings is 2. The van der Waals surface area contributed by atoms with Gasteiger partial charge in [0.25, 0.3) is 0 Å². The number of hydrogen-bond donors (Lipinski definition) is 1. The third kappa shape index (κ3) is 1.74. The molecule has 3 aromatic rings. The summed E-state index contributed by atoms with van der Waals surface area (Å²) in [5, 5.41) is 2.13. The molecule has 0 aliphatic heterocycles. The standard InChI is InChI=1S/C15H12N2/c16-15-14-10-13(11-4-2-1-3-5-11)7-6-12(14)8-9-17-15/h1-10H,(H2,16,17). The quantitative estimate of drug-likeness (QED) is 0.681. The van der Waals surface area contributed by atoms with Gasteiger partial charge in [0.15, 0.2) is 0 Å². The van der Waals surface area contributed by atoms with Gasteiger partial charge in [-0.15, -0.1) is 0 Å². The fourth-order valence-corrected chi connectivity index (χ4v) is 2.00. The molecule has 0 fully saturated rings. The maximum atomic E-state index is 5.89. The zero-order valence-electron chi connectivity index (χ0n) is 9.30. The van der Waals surface area contributed by atoms with E-state index in [1.807, 2.05) is 24.3 Å². The first-order chi connectivity index (χ1) is 8.34. The molecule has 2 aromatic carbocycles. The molecule has 3 rings (SSSR count). The molecule has 0 saturated heterocycles. The molecule has 2 N–H and O–H groups in total. The number of pyridine rings is 1. The van der Waals surface area contributed by atoms with Gasteiger partial charge in [0.1, 0.15) is 5.82 Å². The summed E-state index contributed by atoms with van der Waals surface area (Å²) in [6, 6.07) is 18.5. The van der Waals surface area contributed by atoms with Crippen LogP contribution in [-0.4, -0.2) is 4.98 Å². The van der Waals surface area contributed by atoms with Gasteiger partial charge in [0.2, 0.25) is 0 Å². The minimum atomic E-state index is 0.584. The summed E-state index contributed by atoms with van der Waals surface area (Å²) in [7, 11) is 0. The maximum Gasteiger partial charge on any atom is 0.131 e. The molecular formula is C15H12N2. The fraction of sp³-hybridized carbons (Fsp3) is 0.